The van der Waals surface area contributed by atoms with Crippen LogP contribution in [-0.2, 0) is 28.5 Å². The van der Waals surface area contributed by atoms with Crippen LogP contribution in [0.5, 0.6) is 0 Å². The van der Waals surface area contributed by atoms with Gasteiger partial charge in [0.05, 0.1) is 24.9 Å². The standard InChI is InChI=1S/C20H35NO13/c1-6-13(25)9(24)4-11(30-6)33-17-12(21-8(3)23)20(32-10(5-22)15(17)27)34-18-16(28)14(26)7(2)31-19(18)29/h6-7,9-20,22,24-29H,4-5H2,1-3H3,(H,21,23)/t6-,7-,9-,10-,11-,12-,13-,14-,15-,16+,17-,18+,19+,20+/m0/s1. The van der Waals surface area contributed by atoms with Gasteiger partial charge in [0, 0.05) is 13.3 Å². The maximum Gasteiger partial charge on any atom is 0.217 e. The van der Waals surface area contributed by atoms with Crippen LogP contribution in [0.1, 0.15) is 27.2 Å². The summed E-state index contributed by atoms with van der Waals surface area (Å²) >= 11 is 0. The molecule has 0 spiro atoms. The monoisotopic (exact) mass is 497 g/mol. The Morgan fingerprint density at radius 3 is 2.12 bits per heavy atom. The van der Waals surface area contributed by atoms with Gasteiger partial charge in [-0.25, -0.2) is 0 Å². The van der Waals surface area contributed by atoms with Crippen molar-refractivity contribution in [2.24, 2.45) is 0 Å². The predicted molar refractivity (Wildman–Crippen MR) is 109 cm³/mol. The third kappa shape index (κ3) is 5.86. The topological polar surface area (TPSA) is 217 Å². The molecule has 0 radical (unpaired) electrons. The van der Waals surface area contributed by atoms with Gasteiger partial charge in [0.25, 0.3) is 0 Å². The molecule has 3 rings (SSSR count). The molecule has 0 saturated carbocycles. The van der Waals surface area contributed by atoms with Crippen molar-refractivity contribution in [3.63, 3.8) is 0 Å². The number of ether oxygens (including phenoxy) is 5. The van der Waals surface area contributed by atoms with E-state index in [1.807, 2.05) is 0 Å². The summed E-state index contributed by atoms with van der Waals surface area (Å²) in [5, 5.41) is 73.8. The lowest BCUT2D eigenvalue weighted by molar-refractivity contribution is -0.357. The van der Waals surface area contributed by atoms with Crippen molar-refractivity contribution in [3.8, 4) is 0 Å². The number of rotatable bonds is 6. The van der Waals surface area contributed by atoms with E-state index in [2.05, 4.69) is 5.32 Å². The van der Waals surface area contributed by atoms with Crippen molar-refractivity contribution in [1.82, 2.24) is 5.32 Å². The van der Waals surface area contributed by atoms with E-state index in [1.165, 1.54) is 20.8 Å². The summed E-state index contributed by atoms with van der Waals surface area (Å²) in [6, 6.07) is -1.24. The van der Waals surface area contributed by atoms with Crippen molar-refractivity contribution in [2.75, 3.05) is 6.61 Å². The lowest BCUT2D eigenvalue weighted by atomic mass is 9.95. The number of aliphatic hydroxyl groups is 7. The lowest BCUT2D eigenvalue weighted by Gasteiger charge is -2.48. The molecule has 0 unspecified atom stereocenters. The molecule has 8 N–H and O–H groups in total. The highest BCUT2D eigenvalue weighted by molar-refractivity contribution is 5.73. The Kier molecular flexibility index (Phi) is 9.22. The summed E-state index contributed by atoms with van der Waals surface area (Å²) in [7, 11) is 0. The molecule has 14 heteroatoms. The van der Waals surface area contributed by atoms with E-state index in [9.17, 15) is 40.5 Å². The van der Waals surface area contributed by atoms with Crippen LogP contribution in [0.4, 0.5) is 0 Å². The SMILES string of the molecule is CC(=O)N[C@@H]1[C@@H](O[C@@H]2[C@H](O)[C@@H](O)[C@H](C)O[C@H]2O)O[C@@H](CO)[C@H](O)[C@H]1O[C@H]1C[C@H](O)[C@@H](O)[C@H](C)O1. The van der Waals surface area contributed by atoms with E-state index in [-0.39, 0.29) is 6.42 Å². The Hall–Kier alpha value is -1.01. The number of amides is 1. The molecule has 0 aromatic carbocycles. The fourth-order valence-corrected chi connectivity index (χ4v) is 4.34. The average molecular weight is 497 g/mol. The zero-order valence-corrected chi connectivity index (χ0v) is 19.1. The Morgan fingerprint density at radius 2 is 1.53 bits per heavy atom. The minimum absolute atomic E-state index is 0.143. The van der Waals surface area contributed by atoms with Crippen molar-refractivity contribution in [1.29, 1.82) is 0 Å². The molecule has 0 aliphatic carbocycles. The molecule has 3 aliphatic heterocycles. The molecular weight excluding hydrogens is 462 g/mol. The highest BCUT2D eigenvalue weighted by Gasteiger charge is 2.52. The van der Waals surface area contributed by atoms with Crippen LogP contribution in [0.15, 0.2) is 0 Å². The van der Waals surface area contributed by atoms with Crippen LogP contribution in [0.25, 0.3) is 0 Å². The quantitative estimate of drug-likeness (QED) is 0.174. The van der Waals surface area contributed by atoms with Crippen molar-refractivity contribution < 1.29 is 64.2 Å². The lowest BCUT2D eigenvalue weighted by Crippen LogP contribution is -2.68. The van der Waals surface area contributed by atoms with Gasteiger partial charge >= 0.3 is 0 Å². The average Bonchev–Trinajstić information content (AvgIpc) is 2.76. The van der Waals surface area contributed by atoms with Gasteiger partial charge < -0.3 is 64.7 Å². The highest BCUT2D eigenvalue weighted by Crippen LogP contribution is 2.32. The molecule has 0 bridgehead atoms. The van der Waals surface area contributed by atoms with E-state index >= 15 is 0 Å². The van der Waals surface area contributed by atoms with E-state index in [0.29, 0.717) is 0 Å². The van der Waals surface area contributed by atoms with Gasteiger partial charge in [-0.2, -0.15) is 0 Å². The molecule has 1 amide bonds. The largest absolute Gasteiger partial charge is 0.394 e. The summed E-state index contributed by atoms with van der Waals surface area (Å²) in [5.41, 5.74) is 0. The minimum Gasteiger partial charge on any atom is -0.394 e. The highest BCUT2D eigenvalue weighted by atomic mass is 16.7. The normalized spacial score (nSPS) is 50.1. The molecule has 14 nitrogen and oxygen atoms in total. The smallest absolute Gasteiger partial charge is 0.217 e. The molecule has 198 valence electrons. The molecule has 3 aliphatic rings. The predicted octanol–water partition coefficient (Wildman–Crippen LogP) is -4.34. The third-order valence-electron chi connectivity index (χ3n) is 6.30. The van der Waals surface area contributed by atoms with Crippen LogP contribution in [-0.4, -0.2) is 134 Å². The number of carbonyl (C=O) groups is 1. The molecular formula is C20H35NO13. The van der Waals surface area contributed by atoms with Crippen LogP contribution < -0.4 is 5.32 Å². The first-order valence-electron chi connectivity index (χ1n) is 11.2. The molecule has 3 fully saturated rings. The summed E-state index contributed by atoms with van der Waals surface area (Å²) in [4.78, 5) is 11.9. The summed E-state index contributed by atoms with van der Waals surface area (Å²) in [6.07, 6.45) is -16.9. The van der Waals surface area contributed by atoms with Gasteiger partial charge in [-0.15, -0.1) is 0 Å². The van der Waals surface area contributed by atoms with Gasteiger partial charge in [0.15, 0.2) is 18.9 Å². The Bertz CT molecular complexity index is 673. The van der Waals surface area contributed by atoms with Gasteiger partial charge in [0.2, 0.25) is 5.91 Å². The third-order valence-corrected chi connectivity index (χ3v) is 6.30. The number of aliphatic hydroxyl groups excluding tert-OH is 7. The molecule has 3 heterocycles. The van der Waals surface area contributed by atoms with Crippen molar-refractivity contribution in [2.45, 2.75) is 113 Å². The van der Waals surface area contributed by atoms with Crippen LogP contribution >= 0.6 is 0 Å². The fraction of sp³-hybridized carbons (Fsp3) is 0.950. The Labute approximate surface area is 195 Å². The molecule has 0 aromatic heterocycles. The van der Waals surface area contributed by atoms with Crippen molar-refractivity contribution >= 4 is 5.91 Å². The first-order chi connectivity index (χ1) is 15.9. The van der Waals surface area contributed by atoms with Gasteiger partial charge in [-0.3, -0.25) is 4.79 Å². The summed E-state index contributed by atoms with van der Waals surface area (Å²) < 4.78 is 27.9. The number of hydrogen-bond acceptors (Lipinski definition) is 13. The second-order valence-corrected chi connectivity index (χ2v) is 8.92. The summed E-state index contributed by atoms with van der Waals surface area (Å²) in [6.45, 7) is 3.48. The van der Waals surface area contributed by atoms with Gasteiger partial charge in [-0.1, -0.05) is 0 Å². The van der Waals surface area contributed by atoms with Crippen molar-refractivity contribution in [3.05, 3.63) is 0 Å². The van der Waals surface area contributed by atoms with Crippen LogP contribution in [0.2, 0.25) is 0 Å². The van der Waals surface area contributed by atoms with E-state index in [4.69, 9.17) is 23.7 Å². The second kappa shape index (κ2) is 11.4. The minimum atomic E-state index is -1.66. The molecule has 0 aromatic rings. The molecule has 14 atom stereocenters. The zero-order valence-electron chi connectivity index (χ0n) is 19.1. The first-order valence-corrected chi connectivity index (χ1v) is 11.2. The Morgan fingerprint density at radius 1 is 0.882 bits per heavy atom. The molecule has 34 heavy (non-hydrogen) atoms. The maximum absolute atomic E-state index is 11.9. The van der Waals surface area contributed by atoms with E-state index in [1.54, 1.807) is 0 Å². The second-order valence-electron chi connectivity index (χ2n) is 8.92. The zero-order chi connectivity index (χ0) is 25.3. The van der Waals surface area contributed by atoms with Gasteiger partial charge in [-0.05, 0) is 13.8 Å². The summed E-state index contributed by atoms with van der Waals surface area (Å²) in [5.74, 6) is -0.562. The molecule has 3 saturated heterocycles. The van der Waals surface area contributed by atoms with Crippen LogP contribution in [0, 0.1) is 0 Å². The maximum atomic E-state index is 11.9. The van der Waals surface area contributed by atoms with Gasteiger partial charge in [0.1, 0.15) is 48.8 Å². The van der Waals surface area contributed by atoms with E-state index < -0.39 is 98.5 Å². The van der Waals surface area contributed by atoms with Crippen LogP contribution in [0.3, 0.4) is 0 Å². The number of hydrogen-bond donors (Lipinski definition) is 8. The fourth-order valence-electron chi connectivity index (χ4n) is 4.34. The number of nitrogens with one attached hydrogen (secondary N) is 1. The van der Waals surface area contributed by atoms with E-state index in [0.717, 1.165) is 0 Å². The first kappa shape index (κ1) is 27.6. The number of carbonyl (C=O) groups excluding carboxylic acids is 1. The Balaban J connectivity index is 1.84.